The lowest BCUT2D eigenvalue weighted by atomic mass is 9.97. The molecule has 5 heteroatoms. The van der Waals surface area contributed by atoms with Crippen molar-refractivity contribution in [2.45, 2.75) is 63.4 Å². The van der Waals surface area contributed by atoms with E-state index in [1.807, 2.05) is 4.90 Å². The molecule has 3 aliphatic rings. The summed E-state index contributed by atoms with van der Waals surface area (Å²) in [5.41, 5.74) is 2.90. The van der Waals surface area contributed by atoms with Crippen molar-refractivity contribution in [3.05, 3.63) is 35.4 Å². The number of nitrogens with zero attached hydrogens (tertiary/aromatic N) is 2. The quantitative estimate of drug-likeness (QED) is 0.894. The summed E-state index contributed by atoms with van der Waals surface area (Å²) >= 11 is 0. The summed E-state index contributed by atoms with van der Waals surface area (Å²) in [7, 11) is 0. The highest BCUT2D eigenvalue weighted by Gasteiger charge is 2.38. The smallest absolute Gasteiger partial charge is 0.254 e. The van der Waals surface area contributed by atoms with Crippen LogP contribution in [0.4, 0.5) is 0 Å². The maximum atomic E-state index is 12.6. The zero-order valence-corrected chi connectivity index (χ0v) is 15.5. The van der Waals surface area contributed by atoms with E-state index in [0.717, 1.165) is 64.8 Å². The van der Waals surface area contributed by atoms with E-state index in [-0.39, 0.29) is 12.0 Å². The van der Waals surface area contributed by atoms with Gasteiger partial charge in [0, 0.05) is 32.7 Å². The highest BCUT2D eigenvalue weighted by atomic mass is 16.5. The molecule has 3 atom stereocenters. The van der Waals surface area contributed by atoms with Crippen LogP contribution in [-0.2, 0) is 22.5 Å². The van der Waals surface area contributed by atoms with Crippen LogP contribution in [0.15, 0.2) is 24.3 Å². The van der Waals surface area contributed by atoms with E-state index in [4.69, 9.17) is 4.74 Å². The first-order valence-corrected chi connectivity index (χ1v) is 10.1. The minimum Gasteiger partial charge on any atom is -0.390 e. The zero-order chi connectivity index (χ0) is 17.9. The van der Waals surface area contributed by atoms with Crippen LogP contribution in [0.25, 0.3) is 0 Å². The van der Waals surface area contributed by atoms with Gasteiger partial charge in [0.05, 0.1) is 12.2 Å². The molecule has 1 N–H and O–H groups in total. The molecule has 3 heterocycles. The van der Waals surface area contributed by atoms with Gasteiger partial charge in [-0.1, -0.05) is 24.3 Å². The number of carbonyl (C=O) groups excluding carboxylic acids is 1. The van der Waals surface area contributed by atoms with E-state index in [1.165, 1.54) is 11.1 Å². The van der Waals surface area contributed by atoms with Crippen molar-refractivity contribution in [3.8, 4) is 0 Å². The first kappa shape index (κ1) is 18.0. The minimum atomic E-state index is -0.658. The van der Waals surface area contributed by atoms with E-state index < -0.39 is 12.2 Å². The molecule has 0 saturated carbocycles. The molecule has 4 rings (SSSR count). The summed E-state index contributed by atoms with van der Waals surface area (Å²) in [6.07, 6.45) is 4.44. The number of amides is 1. The van der Waals surface area contributed by atoms with Crippen molar-refractivity contribution in [2.24, 2.45) is 0 Å². The molecule has 1 aromatic carbocycles. The second-order valence-electron chi connectivity index (χ2n) is 7.94. The molecule has 1 amide bonds. The first-order valence-electron chi connectivity index (χ1n) is 10.1. The number of fused-ring (bicyclic) bond motifs is 1. The molecule has 1 aromatic rings. The number of aliphatic hydroxyl groups excluding tert-OH is 1. The number of hydrogen-bond donors (Lipinski definition) is 1. The Kier molecular flexibility index (Phi) is 5.57. The van der Waals surface area contributed by atoms with Crippen LogP contribution >= 0.6 is 0 Å². The van der Waals surface area contributed by atoms with Crippen LogP contribution in [0.2, 0.25) is 0 Å². The van der Waals surface area contributed by atoms with Crippen LogP contribution in [0.1, 0.15) is 43.2 Å². The fourth-order valence-electron chi connectivity index (χ4n) is 4.50. The number of carbonyl (C=O) groups is 1. The van der Waals surface area contributed by atoms with Crippen LogP contribution in [-0.4, -0.2) is 65.3 Å². The molecule has 3 aliphatic heterocycles. The summed E-state index contributed by atoms with van der Waals surface area (Å²) in [5, 5.41) is 10.3. The average Bonchev–Trinajstić information content (AvgIpc) is 3.21. The molecule has 2 fully saturated rings. The summed E-state index contributed by atoms with van der Waals surface area (Å²) in [4.78, 5) is 17.0. The van der Waals surface area contributed by atoms with Crippen LogP contribution in [0.3, 0.4) is 0 Å². The molecular formula is C21H30N2O3. The monoisotopic (exact) mass is 358 g/mol. The van der Waals surface area contributed by atoms with Crippen LogP contribution < -0.4 is 0 Å². The second-order valence-corrected chi connectivity index (χ2v) is 7.94. The van der Waals surface area contributed by atoms with Gasteiger partial charge in [0.2, 0.25) is 0 Å². The Hall–Kier alpha value is -1.43. The number of aliphatic hydroxyl groups is 1. The Bertz CT molecular complexity index is 629. The van der Waals surface area contributed by atoms with Crippen molar-refractivity contribution in [1.82, 2.24) is 9.80 Å². The van der Waals surface area contributed by atoms with Crippen LogP contribution in [0.5, 0.6) is 0 Å². The highest BCUT2D eigenvalue weighted by molar-refractivity contribution is 5.82. The summed E-state index contributed by atoms with van der Waals surface area (Å²) in [6, 6.07) is 8.68. The number of rotatable bonds is 4. The number of ether oxygens (including phenoxy) is 1. The molecule has 0 spiro atoms. The first-order chi connectivity index (χ1) is 12.7. The van der Waals surface area contributed by atoms with Gasteiger partial charge in [-0.05, 0) is 49.7 Å². The standard InChI is InChI=1S/C21H30N2O3/c24-19-8-7-18(26-20(19)21(25)23-11-3-4-12-23)10-14-22-13-9-16-5-1-2-6-17(16)15-22/h1-2,5-6,18-20,24H,3-4,7-15H2/t18-,19-,20-/m0/s1. The van der Waals surface area contributed by atoms with Crippen molar-refractivity contribution < 1.29 is 14.6 Å². The molecule has 0 unspecified atom stereocenters. The summed E-state index contributed by atoms with van der Waals surface area (Å²) in [6.45, 7) is 4.69. The van der Waals surface area contributed by atoms with Gasteiger partial charge < -0.3 is 14.7 Å². The minimum absolute atomic E-state index is 0.00778. The Morgan fingerprint density at radius 1 is 1.12 bits per heavy atom. The molecule has 0 bridgehead atoms. The number of hydrogen-bond acceptors (Lipinski definition) is 4. The second kappa shape index (κ2) is 8.07. The lowest BCUT2D eigenvalue weighted by Gasteiger charge is -2.36. The Morgan fingerprint density at radius 2 is 1.88 bits per heavy atom. The number of likely N-dealkylation sites (tertiary alicyclic amines) is 1. The lowest BCUT2D eigenvalue weighted by molar-refractivity contribution is -0.167. The van der Waals surface area contributed by atoms with Gasteiger partial charge in [-0.15, -0.1) is 0 Å². The SMILES string of the molecule is O=C([C@H]1O[C@H](CCN2CCc3ccccc3C2)CC[C@@H]1O)N1CCCC1. The van der Waals surface area contributed by atoms with Crippen LogP contribution in [0, 0.1) is 0 Å². The normalized spacial score (nSPS) is 29.6. The zero-order valence-electron chi connectivity index (χ0n) is 15.5. The van der Waals surface area contributed by atoms with Gasteiger partial charge in [0.1, 0.15) is 0 Å². The maximum Gasteiger partial charge on any atom is 0.254 e. The predicted molar refractivity (Wildman–Crippen MR) is 99.8 cm³/mol. The molecule has 0 radical (unpaired) electrons. The number of benzene rings is 1. The topological polar surface area (TPSA) is 53.0 Å². The molecule has 142 valence electrons. The van der Waals surface area contributed by atoms with E-state index >= 15 is 0 Å². The van der Waals surface area contributed by atoms with E-state index in [1.54, 1.807) is 0 Å². The van der Waals surface area contributed by atoms with Gasteiger partial charge in [-0.3, -0.25) is 9.69 Å². The average molecular weight is 358 g/mol. The van der Waals surface area contributed by atoms with Crippen molar-refractivity contribution >= 4 is 5.91 Å². The van der Waals surface area contributed by atoms with Gasteiger partial charge in [-0.2, -0.15) is 0 Å². The van der Waals surface area contributed by atoms with Gasteiger partial charge >= 0.3 is 0 Å². The summed E-state index contributed by atoms with van der Waals surface area (Å²) < 4.78 is 6.07. The molecule has 0 aliphatic carbocycles. The van der Waals surface area contributed by atoms with E-state index in [0.29, 0.717) is 6.42 Å². The fraction of sp³-hybridized carbons (Fsp3) is 0.667. The molecular weight excluding hydrogens is 328 g/mol. The van der Waals surface area contributed by atoms with Gasteiger partial charge in [-0.25, -0.2) is 0 Å². The van der Waals surface area contributed by atoms with Crippen molar-refractivity contribution in [2.75, 3.05) is 26.2 Å². The van der Waals surface area contributed by atoms with E-state index in [2.05, 4.69) is 29.2 Å². The Balaban J connectivity index is 1.29. The van der Waals surface area contributed by atoms with Crippen molar-refractivity contribution in [3.63, 3.8) is 0 Å². The third-order valence-electron chi connectivity index (χ3n) is 6.11. The van der Waals surface area contributed by atoms with Gasteiger partial charge in [0.15, 0.2) is 6.10 Å². The molecule has 0 aromatic heterocycles. The summed E-state index contributed by atoms with van der Waals surface area (Å²) in [5.74, 6) is -0.00778. The fourth-order valence-corrected chi connectivity index (χ4v) is 4.50. The van der Waals surface area contributed by atoms with E-state index in [9.17, 15) is 9.90 Å². The largest absolute Gasteiger partial charge is 0.390 e. The predicted octanol–water partition coefficient (Wildman–Crippen LogP) is 1.97. The van der Waals surface area contributed by atoms with Gasteiger partial charge in [0.25, 0.3) is 5.91 Å². The molecule has 2 saturated heterocycles. The third kappa shape index (κ3) is 3.95. The molecule has 5 nitrogen and oxygen atoms in total. The maximum absolute atomic E-state index is 12.6. The lowest BCUT2D eigenvalue weighted by Crippen LogP contribution is -2.50. The third-order valence-corrected chi connectivity index (χ3v) is 6.11. The Labute approximate surface area is 155 Å². The Morgan fingerprint density at radius 3 is 2.69 bits per heavy atom. The highest BCUT2D eigenvalue weighted by Crippen LogP contribution is 2.26. The molecule has 26 heavy (non-hydrogen) atoms. The van der Waals surface area contributed by atoms with Crippen molar-refractivity contribution in [1.29, 1.82) is 0 Å².